The number of hydrogen-bond acceptors (Lipinski definition) is 4. The molecule has 0 amide bonds. The molecule has 1 fully saturated rings. The monoisotopic (exact) mass is 233 g/mol. The molecule has 92 valence electrons. The number of amidine groups is 1. The summed E-state index contributed by atoms with van der Waals surface area (Å²) in [5, 5.41) is 7.31. The van der Waals surface area contributed by atoms with Crippen LogP contribution >= 0.6 is 0 Å². The molecule has 1 aromatic rings. The summed E-state index contributed by atoms with van der Waals surface area (Å²) >= 11 is 0. The van der Waals surface area contributed by atoms with Crippen LogP contribution in [0.4, 0.5) is 0 Å². The molecule has 2 heterocycles. The van der Waals surface area contributed by atoms with Gasteiger partial charge in [-0.2, -0.15) is 0 Å². The average molecular weight is 233 g/mol. The maximum absolute atomic E-state index is 7.31. The highest BCUT2D eigenvalue weighted by molar-refractivity contribution is 5.91. The van der Waals surface area contributed by atoms with Crippen LogP contribution in [0.3, 0.4) is 0 Å². The Hall–Kier alpha value is -1.49. The lowest BCUT2D eigenvalue weighted by Crippen LogP contribution is -2.25. The summed E-state index contributed by atoms with van der Waals surface area (Å²) in [7, 11) is 2.18. The van der Waals surface area contributed by atoms with Crippen LogP contribution in [0.5, 0.6) is 0 Å². The molecule has 17 heavy (non-hydrogen) atoms. The van der Waals surface area contributed by atoms with Crippen molar-refractivity contribution in [3.63, 3.8) is 0 Å². The zero-order chi connectivity index (χ0) is 12.3. The molecule has 1 saturated heterocycles. The van der Waals surface area contributed by atoms with E-state index in [0.29, 0.717) is 11.9 Å². The summed E-state index contributed by atoms with van der Waals surface area (Å²) in [5.41, 5.74) is 6.35. The highest BCUT2D eigenvalue weighted by Crippen LogP contribution is 2.19. The molecule has 1 aliphatic rings. The molecule has 0 aliphatic carbocycles. The van der Waals surface area contributed by atoms with E-state index in [1.165, 1.54) is 19.4 Å². The molecule has 0 bridgehead atoms. The van der Waals surface area contributed by atoms with Crippen molar-refractivity contribution in [1.82, 2.24) is 14.9 Å². The second kappa shape index (κ2) is 5.23. The summed E-state index contributed by atoms with van der Waals surface area (Å²) in [6.45, 7) is 1.20. The van der Waals surface area contributed by atoms with Crippen molar-refractivity contribution in [2.45, 2.75) is 31.7 Å². The van der Waals surface area contributed by atoms with Crippen LogP contribution in [0.1, 0.15) is 30.8 Å². The van der Waals surface area contributed by atoms with Crippen molar-refractivity contribution < 1.29 is 0 Å². The Morgan fingerprint density at radius 3 is 3.12 bits per heavy atom. The molecule has 5 heteroatoms. The van der Waals surface area contributed by atoms with Gasteiger partial charge in [-0.25, -0.2) is 9.97 Å². The van der Waals surface area contributed by atoms with Gasteiger partial charge in [-0.3, -0.25) is 5.41 Å². The maximum Gasteiger partial charge on any atom is 0.194 e. The zero-order valence-electron chi connectivity index (χ0n) is 10.2. The smallest absolute Gasteiger partial charge is 0.194 e. The number of likely N-dealkylation sites (tertiary alicyclic amines) is 1. The van der Waals surface area contributed by atoms with E-state index in [1.807, 2.05) is 6.07 Å². The number of nitrogen functional groups attached to an aromatic ring is 1. The van der Waals surface area contributed by atoms with Crippen LogP contribution in [0.25, 0.3) is 0 Å². The Bertz CT molecular complexity index is 404. The van der Waals surface area contributed by atoms with Crippen LogP contribution in [-0.2, 0) is 6.42 Å². The Labute approximate surface area is 102 Å². The fourth-order valence-electron chi connectivity index (χ4n) is 2.32. The number of nitrogens with one attached hydrogen (secondary N) is 1. The number of rotatable bonds is 4. The summed E-state index contributed by atoms with van der Waals surface area (Å²) in [4.78, 5) is 10.7. The lowest BCUT2D eigenvalue weighted by Gasteiger charge is -2.18. The first kappa shape index (κ1) is 12.0. The molecule has 0 aromatic carbocycles. The van der Waals surface area contributed by atoms with E-state index >= 15 is 0 Å². The highest BCUT2D eigenvalue weighted by Gasteiger charge is 2.20. The van der Waals surface area contributed by atoms with E-state index in [1.54, 1.807) is 6.20 Å². The second-order valence-corrected chi connectivity index (χ2v) is 4.60. The largest absolute Gasteiger partial charge is 0.381 e. The third-order valence-electron chi connectivity index (χ3n) is 3.36. The van der Waals surface area contributed by atoms with Gasteiger partial charge < -0.3 is 10.6 Å². The standard InChI is InChI=1S/C12H19N5/c1-17-8-2-3-10(17)5-4-9-6-7-15-12(16-9)11(13)14/h6-7,10H,2-5,8H2,1H3,(H3,13,14)/t10-/m0/s1. The first-order valence-corrected chi connectivity index (χ1v) is 6.03. The fraction of sp³-hybridized carbons (Fsp3) is 0.583. The number of aromatic nitrogens is 2. The lowest BCUT2D eigenvalue weighted by molar-refractivity contribution is 0.296. The average Bonchev–Trinajstić information content (AvgIpc) is 2.72. The van der Waals surface area contributed by atoms with E-state index in [-0.39, 0.29) is 5.84 Å². The zero-order valence-corrected chi connectivity index (χ0v) is 10.2. The maximum atomic E-state index is 7.31. The fourth-order valence-corrected chi connectivity index (χ4v) is 2.32. The molecule has 5 nitrogen and oxygen atoms in total. The van der Waals surface area contributed by atoms with E-state index in [4.69, 9.17) is 11.1 Å². The molecule has 2 rings (SSSR count). The van der Waals surface area contributed by atoms with Crippen LogP contribution in [0.2, 0.25) is 0 Å². The summed E-state index contributed by atoms with van der Waals surface area (Å²) < 4.78 is 0. The number of hydrogen-bond donors (Lipinski definition) is 2. The van der Waals surface area contributed by atoms with Gasteiger partial charge in [0.15, 0.2) is 11.7 Å². The minimum Gasteiger partial charge on any atom is -0.381 e. The molecular formula is C12H19N5. The number of aryl methyl sites for hydroxylation is 1. The van der Waals surface area contributed by atoms with Gasteiger partial charge in [0.25, 0.3) is 0 Å². The van der Waals surface area contributed by atoms with Gasteiger partial charge in [0, 0.05) is 17.9 Å². The van der Waals surface area contributed by atoms with Crippen molar-refractivity contribution in [1.29, 1.82) is 5.41 Å². The van der Waals surface area contributed by atoms with Crippen LogP contribution in [0.15, 0.2) is 12.3 Å². The first-order chi connectivity index (χ1) is 8.16. The molecule has 3 N–H and O–H groups in total. The summed E-state index contributed by atoms with van der Waals surface area (Å²) in [6.07, 6.45) is 6.30. The molecule has 0 spiro atoms. The second-order valence-electron chi connectivity index (χ2n) is 4.60. The van der Waals surface area contributed by atoms with Gasteiger partial charge in [0.2, 0.25) is 0 Å². The van der Waals surface area contributed by atoms with Gasteiger partial charge in [0.05, 0.1) is 0 Å². The predicted octanol–water partition coefficient (Wildman–Crippen LogP) is 0.787. The minimum atomic E-state index is -0.0650. The molecule has 1 aliphatic heterocycles. The van der Waals surface area contributed by atoms with Gasteiger partial charge in [-0.05, 0) is 45.3 Å². The van der Waals surface area contributed by atoms with Gasteiger partial charge in [-0.1, -0.05) is 0 Å². The number of nitrogens with zero attached hydrogens (tertiary/aromatic N) is 3. The molecule has 0 unspecified atom stereocenters. The molecule has 0 radical (unpaired) electrons. The van der Waals surface area contributed by atoms with E-state index in [9.17, 15) is 0 Å². The Morgan fingerprint density at radius 2 is 2.47 bits per heavy atom. The summed E-state index contributed by atoms with van der Waals surface area (Å²) in [6, 6.07) is 2.58. The van der Waals surface area contributed by atoms with E-state index in [0.717, 1.165) is 18.5 Å². The SMILES string of the molecule is CN1CCC[C@H]1CCc1ccnc(C(=N)N)n1. The van der Waals surface area contributed by atoms with Crippen molar-refractivity contribution in [2.75, 3.05) is 13.6 Å². The van der Waals surface area contributed by atoms with Crippen LogP contribution < -0.4 is 5.73 Å². The van der Waals surface area contributed by atoms with Gasteiger partial charge in [-0.15, -0.1) is 0 Å². The van der Waals surface area contributed by atoms with Crippen molar-refractivity contribution in [3.8, 4) is 0 Å². The third-order valence-corrected chi connectivity index (χ3v) is 3.36. The Kier molecular flexibility index (Phi) is 3.68. The molecule has 0 saturated carbocycles. The third kappa shape index (κ3) is 3.00. The molecular weight excluding hydrogens is 214 g/mol. The first-order valence-electron chi connectivity index (χ1n) is 6.03. The highest BCUT2D eigenvalue weighted by atomic mass is 15.1. The molecule has 1 aromatic heterocycles. The Balaban J connectivity index is 1.94. The van der Waals surface area contributed by atoms with Gasteiger partial charge in [0.1, 0.15) is 0 Å². The quantitative estimate of drug-likeness (QED) is 0.595. The topological polar surface area (TPSA) is 78.9 Å². The summed E-state index contributed by atoms with van der Waals surface area (Å²) in [5.74, 6) is 0.270. The van der Waals surface area contributed by atoms with Crippen molar-refractivity contribution >= 4 is 5.84 Å². The van der Waals surface area contributed by atoms with Gasteiger partial charge >= 0.3 is 0 Å². The number of nitrogens with two attached hydrogens (primary N) is 1. The van der Waals surface area contributed by atoms with Crippen LogP contribution in [0, 0.1) is 5.41 Å². The lowest BCUT2D eigenvalue weighted by atomic mass is 10.1. The normalized spacial score (nSPS) is 20.6. The predicted molar refractivity (Wildman–Crippen MR) is 67.0 cm³/mol. The van der Waals surface area contributed by atoms with E-state index in [2.05, 4.69) is 21.9 Å². The molecule has 1 atom stereocenters. The van der Waals surface area contributed by atoms with Crippen LogP contribution in [-0.4, -0.2) is 40.3 Å². The minimum absolute atomic E-state index is 0.0650. The van der Waals surface area contributed by atoms with Crippen molar-refractivity contribution in [2.24, 2.45) is 5.73 Å². The van der Waals surface area contributed by atoms with Crippen molar-refractivity contribution in [3.05, 3.63) is 23.8 Å². The Morgan fingerprint density at radius 1 is 1.65 bits per heavy atom. The van der Waals surface area contributed by atoms with E-state index < -0.39 is 0 Å².